The second-order valence-corrected chi connectivity index (χ2v) is 7.61. The highest BCUT2D eigenvalue weighted by Gasteiger charge is 2.46. The molecule has 0 saturated carbocycles. The van der Waals surface area contributed by atoms with Crippen molar-refractivity contribution in [3.05, 3.63) is 102 Å². The van der Waals surface area contributed by atoms with Crippen molar-refractivity contribution in [2.45, 2.75) is 12.4 Å². The molecule has 0 aliphatic carbocycles. The molecular formula is C25H15F3N2O5. The maximum atomic E-state index is 13.5. The Morgan fingerprint density at radius 2 is 1.74 bits per heavy atom. The van der Waals surface area contributed by atoms with Gasteiger partial charge in [-0.3, -0.25) is 19.5 Å². The predicted octanol–water partition coefficient (Wildman–Crippen LogP) is 5.51. The summed E-state index contributed by atoms with van der Waals surface area (Å²) in [4.78, 5) is 31.9. The molecule has 1 aliphatic heterocycles. The van der Waals surface area contributed by atoms with Gasteiger partial charge >= 0.3 is 6.36 Å². The normalized spacial score (nSPS) is 16.3. The number of rotatable bonds is 5. The van der Waals surface area contributed by atoms with Gasteiger partial charge in [0.2, 0.25) is 5.78 Å². The fourth-order valence-corrected chi connectivity index (χ4v) is 3.96. The Labute approximate surface area is 195 Å². The number of hydrogen-bond acceptors (Lipinski definition) is 6. The molecule has 10 heteroatoms. The van der Waals surface area contributed by atoms with E-state index >= 15 is 0 Å². The number of nitrogens with zero attached hydrogens (tertiary/aromatic N) is 2. The van der Waals surface area contributed by atoms with Crippen LogP contribution in [0.1, 0.15) is 22.3 Å². The fourth-order valence-electron chi connectivity index (χ4n) is 3.96. The lowest BCUT2D eigenvalue weighted by Crippen LogP contribution is -2.31. The molecular weight excluding hydrogens is 465 g/mol. The molecule has 1 aliphatic rings. The van der Waals surface area contributed by atoms with Crippen molar-refractivity contribution in [2.24, 2.45) is 0 Å². The van der Waals surface area contributed by atoms with Crippen molar-refractivity contribution in [1.82, 2.24) is 4.98 Å². The minimum absolute atomic E-state index is 0.0859. The Kier molecular flexibility index (Phi) is 5.28. The molecule has 1 unspecified atom stereocenters. The van der Waals surface area contributed by atoms with Crippen LogP contribution in [0.2, 0.25) is 0 Å². The first kappa shape index (κ1) is 22.2. The second-order valence-electron chi connectivity index (χ2n) is 7.61. The van der Waals surface area contributed by atoms with Crippen molar-refractivity contribution < 1.29 is 37.0 Å². The van der Waals surface area contributed by atoms with Crippen LogP contribution in [0, 0.1) is 0 Å². The number of halogens is 3. The first-order valence-corrected chi connectivity index (χ1v) is 10.3. The zero-order chi connectivity index (χ0) is 24.7. The van der Waals surface area contributed by atoms with Gasteiger partial charge in [-0.2, -0.15) is 0 Å². The van der Waals surface area contributed by atoms with Crippen LogP contribution in [0.15, 0.2) is 94.7 Å². The number of aliphatic hydroxyl groups is 1. The number of carbonyl (C=O) groups is 2. The summed E-state index contributed by atoms with van der Waals surface area (Å²) in [6.07, 6.45) is -3.43. The molecule has 35 heavy (non-hydrogen) atoms. The highest BCUT2D eigenvalue weighted by molar-refractivity contribution is 6.20. The van der Waals surface area contributed by atoms with Crippen LogP contribution >= 0.6 is 0 Å². The number of para-hydroxylation sites is 1. The minimum atomic E-state index is -4.88. The van der Waals surface area contributed by atoms with Crippen molar-refractivity contribution in [3.63, 3.8) is 0 Å². The smallest absolute Gasteiger partial charge is 0.503 e. The van der Waals surface area contributed by atoms with Crippen LogP contribution in [0.25, 0.3) is 11.0 Å². The average molecular weight is 480 g/mol. The topological polar surface area (TPSA) is 92.9 Å². The van der Waals surface area contributed by atoms with Gasteiger partial charge in [0.1, 0.15) is 17.4 Å². The molecule has 176 valence electrons. The van der Waals surface area contributed by atoms with E-state index in [0.717, 1.165) is 17.0 Å². The number of alkyl halides is 3. The molecule has 0 bridgehead atoms. The van der Waals surface area contributed by atoms with E-state index in [-0.39, 0.29) is 22.7 Å². The molecule has 2 aromatic heterocycles. The van der Waals surface area contributed by atoms with E-state index in [1.807, 2.05) is 0 Å². The molecule has 0 saturated heterocycles. The number of ketones is 1. The van der Waals surface area contributed by atoms with Crippen LogP contribution in [0.5, 0.6) is 5.75 Å². The van der Waals surface area contributed by atoms with E-state index < -0.39 is 35.6 Å². The first-order valence-electron chi connectivity index (χ1n) is 10.3. The largest absolute Gasteiger partial charge is 0.573 e. The molecule has 1 amide bonds. The van der Waals surface area contributed by atoms with E-state index in [0.29, 0.717) is 11.0 Å². The van der Waals surface area contributed by atoms with Gasteiger partial charge in [0.05, 0.1) is 11.3 Å². The van der Waals surface area contributed by atoms with Crippen molar-refractivity contribution in [3.8, 4) is 5.75 Å². The number of anilines is 1. The molecule has 4 aromatic rings. The van der Waals surface area contributed by atoms with Crippen LogP contribution in [-0.4, -0.2) is 28.1 Å². The molecule has 3 heterocycles. The lowest BCUT2D eigenvalue weighted by atomic mass is 9.98. The standard InChI is InChI=1S/C25H15F3N2O5/c26-25(27,28)35-16-10-8-15(9-11-16)30-21(17-6-3-4-12-29-17)20(23(32)24(30)33)22(31)19-13-14-5-1-2-7-18(14)34-19/h1-13,21,32H. The highest BCUT2D eigenvalue weighted by atomic mass is 19.4. The van der Waals surface area contributed by atoms with E-state index in [2.05, 4.69) is 9.72 Å². The number of benzene rings is 2. The Balaban J connectivity index is 1.58. The third-order valence-corrected chi connectivity index (χ3v) is 5.42. The monoisotopic (exact) mass is 480 g/mol. The Morgan fingerprint density at radius 3 is 2.40 bits per heavy atom. The molecule has 0 fully saturated rings. The summed E-state index contributed by atoms with van der Waals surface area (Å²) < 4.78 is 47.1. The number of furan rings is 1. The van der Waals surface area contributed by atoms with Gasteiger partial charge in [-0.15, -0.1) is 13.2 Å². The van der Waals surface area contributed by atoms with Crippen LogP contribution < -0.4 is 9.64 Å². The average Bonchev–Trinajstić information content (AvgIpc) is 3.38. The van der Waals surface area contributed by atoms with Crippen molar-refractivity contribution in [1.29, 1.82) is 0 Å². The van der Waals surface area contributed by atoms with Gasteiger partial charge in [-0.25, -0.2) is 0 Å². The Bertz CT molecular complexity index is 1430. The van der Waals surface area contributed by atoms with Gasteiger partial charge < -0.3 is 14.3 Å². The summed E-state index contributed by atoms with van der Waals surface area (Å²) in [7, 11) is 0. The summed E-state index contributed by atoms with van der Waals surface area (Å²) in [6.45, 7) is 0. The van der Waals surface area contributed by atoms with Crippen LogP contribution in [-0.2, 0) is 4.79 Å². The summed E-state index contributed by atoms with van der Waals surface area (Å²) in [5, 5.41) is 11.4. The van der Waals surface area contributed by atoms with Crippen LogP contribution in [0.3, 0.4) is 0 Å². The van der Waals surface area contributed by atoms with Gasteiger partial charge in [-0.05, 0) is 48.5 Å². The maximum Gasteiger partial charge on any atom is 0.573 e. The molecule has 0 radical (unpaired) electrons. The van der Waals surface area contributed by atoms with Gasteiger partial charge in [-0.1, -0.05) is 24.3 Å². The van der Waals surface area contributed by atoms with Gasteiger partial charge in [0.15, 0.2) is 11.5 Å². The van der Waals surface area contributed by atoms with Gasteiger partial charge in [0, 0.05) is 17.3 Å². The molecule has 1 N–H and O–H groups in total. The quantitative estimate of drug-likeness (QED) is 0.379. The number of Topliss-reactive ketones (excluding diaryl/α,β-unsaturated/α-hetero) is 1. The summed E-state index contributed by atoms with van der Waals surface area (Å²) in [5.41, 5.74) is 0.578. The number of hydrogen-bond donors (Lipinski definition) is 1. The summed E-state index contributed by atoms with van der Waals surface area (Å²) in [5.74, 6) is -3.01. The zero-order valence-corrected chi connectivity index (χ0v) is 17.7. The second kappa shape index (κ2) is 8.32. The maximum absolute atomic E-state index is 13.5. The highest BCUT2D eigenvalue weighted by Crippen LogP contribution is 2.42. The number of aliphatic hydroxyl groups excluding tert-OH is 1. The number of amides is 1. The summed E-state index contributed by atoms with van der Waals surface area (Å²) in [6, 6.07) is 16.6. The van der Waals surface area contributed by atoms with Crippen molar-refractivity contribution in [2.75, 3.05) is 4.90 Å². The third-order valence-electron chi connectivity index (χ3n) is 5.42. The first-order chi connectivity index (χ1) is 16.7. The fraction of sp³-hybridized carbons (Fsp3) is 0.0800. The van der Waals surface area contributed by atoms with Crippen LogP contribution in [0.4, 0.5) is 18.9 Å². The van der Waals surface area contributed by atoms with E-state index in [1.54, 1.807) is 42.5 Å². The van der Waals surface area contributed by atoms with Gasteiger partial charge in [0.25, 0.3) is 5.91 Å². The predicted molar refractivity (Wildman–Crippen MR) is 118 cm³/mol. The lowest BCUT2D eigenvalue weighted by molar-refractivity contribution is -0.274. The number of pyridine rings is 1. The Morgan fingerprint density at radius 1 is 1.03 bits per heavy atom. The molecule has 0 spiro atoms. The SMILES string of the molecule is O=C(C1=C(O)C(=O)N(c2ccc(OC(F)(F)F)cc2)C1c1ccccn1)c1cc2ccccc2o1. The minimum Gasteiger partial charge on any atom is -0.503 e. The molecule has 5 rings (SSSR count). The van der Waals surface area contributed by atoms with E-state index in [4.69, 9.17) is 4.42 Å². The number of ether oxygens (including phenoxy) is 1. The number of aromatic nitrogens is 1. The lowest BCUT2D eigenvalue weighted by Gasteiger charge is -2.26. The number of fused-ring (bicyclic) bond motifs is 1. The Hall–Kier alpha value is -4.60. The number of carbonyl (C=O) groups excluding carboxylic acids is 2. The summed E-state index contributed by atoms with van der Waals surface area (Å²) >= 11 is 0. The zero-order valence-electron chi connectivity index (χ0n) is 17.7. The van der Waals surface area contributed by atoms with Crippen molar-refractivity contribution >= 4 is 28.3 Å². The molecule has 2 aromatic carbocycles. The van der Waals surface area contributed by atoms with E-state index in [1.165, 1.54) is 24.4 Å². The third kappa shape index (κ3) is 4.10. The van der Waals surface area contributed by atoms with E-state index in [9.17, 15) is 27.9 Å². The molecule has 7 nitrogen and oxygen atoms in total. The molecule has 1 atom stereocenters.